The summed E-state index contributed by atoms with van der Waals surface area (Å²) in [6.07, 6.45) is 0. The predicted molar refractivity (Wildman–Crippen MR) is 112 cm³/mol. The van der Waals surface area contributed by atoms with Gasteiger partial charge in [-0.3, -0.25) is 9.69 Å². The molecule has 10 heteroatoms. The first-order chi connectivity index (χ1) is 13.5. The second kappa shape index (κ2) is 7.61. The van der Waals surface area contributed by atoms with Crippen molar-refractivity contribution in [2.45, 2.75) is 5.37 Å². The summed E-state index contributed by atoms with van der Waals surface area (Å²) in [6.45, 7) is 0. The largest absolute Gasteiger partial charge is 0.507 e. The highest BCUT2D eigenvalue weighted by Crippen LogP contribution is 2.47. The number of phenols is 2. The number of anilines is 1. The van der Waals surface area contributed by atoms with Crippen molar-refractivity contribution >= 4 is 50.1 Å². The zero-order valence-electron chi connectivity index (χ0n) is 14.5. The topological polar surface area (TPSA) is 95.8 Å². The van der Waals surface area contributed by atoms with Crippen LogP contribution in [0.25, 0.3) is 10.6 Å². The molecule has 3 aromatic rings. The summed E-state index contributed by atoms with van der Waals surface area (Å²) in [5, 5.41) is 29.1. The lowest BCUT2D eigenvalue weighted by molar-refractivity contribution is -0.115. The average molecular weight is 480 g/mol. The van der Waals surface area contributed by atoms with Gasteiger partial charge >= 0.3 is 0 Å². The maximum atomic E-state index is 12.6. The van der Waals surface area contributed by atoms with Crippen molar-refractivity contribution in [2.75, 3.05) is 17.8 Å². The van der Waals surface area contributed by atoms with Crippen molar-refractivity contribution in [1.29, 1.82) is 0 Å². The van der Waals surface area contributed by atoms with Gasteiger partial charge in [0, 0.05) is 0 Å². The number of hydrogen-bond donors (Lipinski definition) is 2. The van der Waals surface area contributed by atoms with Gasteiger partial charge in [-0.1, -0.05) is 23.5 Å². The van der Waals surface area contributed by atoms with E-state index in [0.717, 1.165) is 5.56 Å². The SMILES string of the molecule is COc1cc(C2SCC(=O)N2c2nnc(-c3ccccc3O)s2)cc(Br)c1O. The summed E-state index contributed by atoms with van der Waals surface area (Å²) in [7, 11) is 1.47. The number of methoxy groups -OCH3 is 1. The van der Waals surface area contributed by atoms with Crippen LogP contribution in [0.5, 0.6) is 17.2 Å². The molecular formula is C18H14BrN3O4S2. The molecule has 4 rings (SSSR count). The van der Waals surface area contributed by atoms with Crippen molar-refractivity contribution in [3.8, 4) is 27.8 Å². The number of thioether (sulfide) groups is 1. The molecule has 2 N–H and O–H groups in total. The molecule has 1 aliphatic heterocycles. The fraction of sp³-hybridized carbons (Fsp3) is 0.167. The zero-order chi connectivity index (χ0) is 19.8. The Kier molecular flexibility index (Phi) is 5.17. The molecule has 0 saturated carbocycles. The Morgan fingerprint density at radius 1 is 1.25 bits per heavy atom. The standard InChI is InChI=1S/C18H14BrN3O4S2/c1-26-13-7-9(6-11(19)15(13)25)17-22(14(24)8-27-17)18-21-20-16(28-18)10-4-2-3-5-12(10)23/h2-7,17,23,25H,8H2,1H3. The number of hydrogen-bond acceptors (Lipinski definition) is 8. The molecule has 2 heterocycles. The van der Waals surface area contributed by atoms with Crippen LogP contribution in [-0.2, 0) is 4.79 Å². The van der Waals surface area contributed by atoms with Gasteiger partial charge in [-0.25, -0.2) is 0 Å². The lowest BCUT2D eigenvalue weighted by Gasteiger charge is -2.22. The highest BCUT2D eigenvalue weighted by molar-refractivity contribution is 9.10. The number of rotatable bonds is 4. The fourth-order valence-electron chi connectivity index (χ4n) is 2.85. The maximum Gasteiger partial charge on any atom is 0.240 e. The van der Waals surface area contributed by atoms with Crippen LogP contribution in [0.4, 0.5) is 5.13 Å². The Labute approximate surface area is 177 Å². The monoisotopic (exact) mass is 479 g/mol. The summed E-state index contributed by atoms with van der Waals surface area (Å²) in [5.41, 5.74) is 1.35. The van der Waals surface area contributed by atoms with Crippen LogP contribution in [0, 0.1) is 0 Å². The lowest BCUT2D eigenvalue weighted by Crippen LogP contribution is -2.27. The molecule has 1 aliphatic rings. The molecule has 2 aromatic carbocycles. The lowest BCUT2D eigenvalue weighted by atomic mass is 10.2. The number of carbonyl (C=O) groups is 1. The Bertz CT molecular complexity index is 1060. The van der Waals surface area contributed by atoms with E-state index in [1.54, 1.807) is 41.3 Å². The summed E-state index contributed by atoms with van der Waals surface area (Å²) in [6, 6.07) is 10.3. The predicted octanol–water partition coefficient (Wildman–Crippen LogP) is 4.17. The Morgan fingerprint density at radius 3 is 2.79 bits per heavy atom. The first-order valence-corrected chi connectivity index (χ1v) is 10.8. The van der Waals surface area contributed by atoms with Gasteiger partial charge in [0.15, 0.2) is 16.5 Å². The van der Waals surface area contributed by atoms with Gasteiger partial charge in [-0.15, -0.1) is 22.0 Å². The number of aromatic hydroxyl groups is 2. The van der Waals surface area contributed by atoms with Crippen LogP contribution in [0.3, 0.4) is 0 Å². The molecule has 1 amide bonds. The van der Waals surface area contributed by atoms with E-state index in [-0.39, 0.29) is 22.8 Å². The molecule has 1 aromatic heterocycles. The van der Waals surface area contributed by atoms with Crippen LogP contribution < -0.4 is 9.64 Å². The van der Waals surface area contributed by atoms with Crippen LogP contribution in [-0.4, -0.2) is 39.2 Å². The first kappa shape index (κ1) is 19.0. The Hall–Kier alpha value is -2.30. The number of phenolic OH excluding ortho intramolecular Hbond substituents is 2. The maximum absolute atomic E-state index is 12.6. The van der Waals surface area contributed by atoms with Crippen LogP contribution in [0.2, 0.25) is 0 Å². The van der Waals surface area contributed by atoms with E-state index in [4.69, 9.17) is 4.74 Å². The van der Waals surface area contributed by atoms with E-state index in [0.29, 0.717) is 31.7 Å². The van der Waals surface area contributed by atoms with E-state index in [9.17, 15) is 15.0 Å². The van der Waals surface area contributed by atoms with Gasteiger partial charge in [0.1, 0.15) is 11.1 Å². The Morgan fingerprint density at radius 2 is 2.04 bits per heavy atom. The highest BCUT2D eigenvalue weighted by atomic mass is 79.9. The minimum absolute atomic E-state index is 0.00452. The normalized spacial score (nSPS) is 16.6. The molecule has 7 nitrogen and oxygen atoms in total. The van der Waals surface area contributed by atoms with E-state index in [1.165, 1.54) is 30.2 Å². The third-order valence-electron chi connectivity index (χ3n) is 4.18. The molecule has 1 fully saturated rings. The van der Waals surface area contributed by atoms with Crippen molar-refractivity contribution in [3.63, 3.8) is 0 Å². The van der Waals surface area contributed by atoms with E-state index < -0.39 is 0 Å². The fourth-order valence-corrected chi connectivity index (χ4v) is 5.43. The Balaban J connectivity index is 1.72. The molecule has 0 bridgehead atoms. The van der Waals surface area contributed by atoms with E-state index >= 15 is 0 Å². The third-order valence-corrected chi connectivity index (χ3v) is 6.95. The average Bonchev–Trinajstić information content (AvgIpc) is 3.30. The van der Waals surface area contributed by atoms with E-state index in [2.05, 4.69) is 26.1 Å². The minimum Gasteiger partial charge on any atom is -0.507 e. The number of nitrogens with zero attached hydrogens (tertiary/aromatic N) is 3. The quantitative estimate of drug-likeness (QED) is 0.579. The van der Waals surface area contributed by atoms with E-state index in [1.807, 2.05) is 0 Å². The summed E-state index contributed by atoms with van der Waals surface area (Å²) in [5.74, 6) is 0.646. The van der Waals surface area contributed by atoms with Crippen LogP contribution >= 0.6 is 39.0 Å². The molecule has 144 valence electrons. The van der Waals surface area contributed by atoms with Gasteiger partial charge < -0.3 is 14.9 Å². The molecule has 0 aliphatic carbocycles. The molecule has 1 saturated heterocycles. The van der Waals surface area contributed by atoms with Crippen LogP contribution in [0.1, 0.15) is 10.9 Å². The van der Waals surface area contributed by atoms with Crippen molar-refractivity contribution in [1.82, 2.24) is 10.2 Å². The summed E-state index contributed by atoms with van der Waals surface area (Å²) < 4.78 is 5.70. The van der Waals surface area contributed by atoms with Gasteiger partial charge in [-0.05, 0) is 45.8 Å². The number of halogens is 1. The number of amides is 1. The molecule has 0 spiro atoms. The first-order valence-electron chi connectivity index (χ1n) is 8.11. The van der Waals surface area contributed by atoms with Gasteiger partial charge in [0.25, 0.3) is 0 Å². The van der Waals surface area contributed by atoms with Crippen molar-refractivity contribution < 1.29 is 19.7 Å². The number of benzene rings is 2. The van der Waals surface area contributed by atoms with Gasteiger partial charge in [0.05, 0.1) is 22.9 Å². The van der Waals surface area contributed by atoms with Gasteiger partial charge in [0.2, 0.25) is 11.0 Å². The summed E-state index contributed by atoms with van der Waals surface area (Å²) in [4.78, 5) is 14.2. The zero-order valence-corrected chi connectivity index (χ0v) is 17.7. The highest BCUT2D eigenvalue weighted by Gasteiger charge is 2.37. The molecule has 1 atom stereocenters. The number of carbonyl (C=O) groups excluding carboxylic acids is 1. The van der Waals surface area contributed by atoms with Crippen molar-refractivity contribution in [3.05, 3.63) is 46.4 Å². The second-order valence-electron chi connectivity index (χ2n) is 5.89. The molecule has 0 radical (unpaired) electrons. The second-order valence-corrected chi connectivity index (χ2v) is 8.77. The molecule has 28 heavy (non-hydrogen) atoms. The summed E-state index contributed by atoms with van der Waals surface area (Å²) >= 11 is 6.01. The number of aromatic nitrogens is 2. The third kappa shape index (κ3) is 3.31. The van der Waals surface area contributed by atoms with Crippen LogP contribution in [0.15, 0.2) is 40.9 Å². The molecule has 1 unspecified atom stereocenters. The minimum atomic E-state index is -0.330. The van der Waals surface area contributed by atoms with Crippen molar-refractivity contribution in [2.24, 2.45) is 0 Å². The number of ether oxygens (including phenoxy) is 1. The van der Waals surface area contributed by atoms with Gasteiger partial charge in [-0.2, -0.15) is 0 Å². The number of para-hydroxylation sites is 1. The smallest absolute Gasteiger partial charge is 0.240 e. The molecular weight excluding hydrogens is 466 g/mol.